The number of hydrazine groups is 1. The van der Waals surface area contributed by atoms with E-state index in [0.29, 0.717) is 6.54 Å². The number of nitrogens with zero attached hydrogens (tertiary/aromatic N) is 2. The van der Waals surface area contributed by atoms with Gasteiger partial charge in [-0.15, -0.1) is 0 Å². The Morgan fingerprint density at radius 2 is 2.00 bits per heavy atom. The van der Waals surface area contributed by atoms with E-state index in [0.717, 1.165) is 28.7 Å². The number of alkyl carbamates (subject to hydrolysis) is 1. The molecule has 132 valence electrons. The van der Waals surface area contributed by atoms with Crippen LogP contribution in [0, 0.1) is 6.92 Å². The van der Waals surface area contributed by atoms with Crippen molar-refractivity contribution in [2.24, 2.45) is 0 Å². The molecule has 1 fully saturated rings. The van der Waals surface area contributed by atoms with E-state index >= 15 is 0 Å². The van der Waals surface area contributed by atoms with Crippen LogP contribution in [-0.2, 0) is 9.53 Å². The lowest BCUT2D eigenvalue weighted by atomic mass is 10.2. The highest BCUT2D eigenvalue weighted by molar-refractivity contribution is 9.10. The Morgan fingerprint density at radius 1 is 1.29 bits per heavy atom. The number of anilines is 1. The summed E-state index contributed by atoms with van der Waals surface area (Å²) in [4.78, 5) is 24.2. The van der Waals surface area contributed by atoms with E-state index in [2.05, 4.69) is 21.2 Å². The first kappa shape index (κ1) is 18.6. The van der Waals surface area contributed by atoms with Crippen LogP contribution in [-0.4, -0.2) is 42.2 Å². The minimum Gasteiger partial charge on any atom is -0.444 e. The summed E-state index contributed by atoms with van der Waals surface area (Å²) in [5.74, 6) is -0.161. The molecule has 0 spiro atoms. The maximum absolute atomic E-state index is 12.5. The van der Waals surface area contributed by atoms with Gasteiger partial charge < -0.3 is 10.1 Å². The van der Waals surface area contributed by atoms with Crippen molar-refractivity contribution in [2.75, 3.05) is 24.6 Å². The minimum atomic E-state index is -0.585. The monoisotopic (exact) mass is 397 g/mol. The highest BCUT2D eigenvalue weighted by atomic mass is 79.9. The number of rotatable bonds is 3. The first-order valence-electron chi connectivity index (χ1n) is 7.98. The summed E-state index contributed by atoms with van der Waals surface area (Å²) in [6.07, 6.45) is 0.302. The summed E-state index contributed by atoms with van der Waals surface area (Å²) in [6.45, 7) is 8.68. The van der Waals surface area contributed by atoms with Gasteiger partial charge in [-0.2, -0.15) is 0 Å². The Hall–Kier alpha value is -1.76. The fourth-order valence-electron chi connectivity index (χ4n) is 2.50. The van der Waals surface area contributed by atoms with Crippen molar-refractivity contribution in [2.45, 2.75) is 39.7 Å². The number of benzene rings is 1. The highest BCUT2D eigenvalue weighted by Gasteiger charge is 2.28. The molecule has 2 amide bonds. The second kappa shape index (κ2) is 7.42. The van der Waals surface area contributed by atoms with Gasteiger partial charge >= 0.3 is 6.09 Å². The Morgan fingerprint density at radius 3 is 2.62 bits per heavy atom. The van der Waals surface area contributed by atoms with Gasteiger partial charge in [-0.05, 0) is 67.7 Å². The summed E-state index contributed by atoms with van der Waals surface area (Å²) < 4.78 is 6.10. The highest BCUT2D eigenvalue weighted by Crippen LogP contribution is 2.30. The number of carbonyl (C=O) groups excluding carboxylic acids is 2. The van der Waals surface area contributed by atoms with Gasteiger partial charge in [-0.3, -0.25) is 14.8 Å². The third kappa shape index (κ3) is 4.87. The Labute approximate surface area is 151 Å². The standard InChI is InChI=1S/C17H24BrN3O3/c1-12-6-7-14(13(18)10-12)20-8-5-9-21(20)15(22)11-19-16(23)24-17(2,3)4/h6-7,10H,5,8-9,11H2,1-4H3,(H,19,23). The van der Waals surface area contributed by atoms with Crippen LogP contribution in [0.1, 0.15) is 32.8 Å². The maximum Gasteiger partial charge on any atom is 0.408 e. The van der Waals surface area contributed by atoms with Gasteiger partial charge in [-0.1, -0.05) is 6.07 Å². The Bertz CT molecular complexity index is 628. The molecule has 0 atom stereocenters. The minimum absolute atomic E-state index is 0.0884. The molecule has 24 heavy (non-hydrogen) atoms. The zero-order chi connectivity index (χ0) is 17.9. The number of carbonyl (C=O) groups is 2. The molecule has 0 bridgehead atoms. The zero-order valence-electron chi connectivity index (χ0n) is 14.6. The molecule has 1 aliphatic rings. The van der Waals surface area contributed by atoms with Crippen LogP contribution in [0.2, 0.25) is 0 Å². The van der Waals surface area contributed by atoms with Gasteiger partial charge in [0.25, 0.3) is 5.91 Å². The molecule has 1 N–H and O–H groups in total. The van der Waals surface area contributed by atoms with Crippen molar-refractivity contribution in [3.8, 4) is 0 Å². The average molecular weight is 398 g/mol. The zero-order valence-corrected chi connectivity index (χ0v) is 16.1. The van der Waals surface area contributed by atoms with E-state index in [1.54, 1.807) is 25.8 Å². The molecular weight excluding hydrogens is 374 g/mol. The summed E-state index contributed by atoms with van der Waals surface area (Å²) in [7, 11) is 0. The Balaban J connectivity index is 1.99. The lowest BCUT2D eigenvalue weighted by molar-refractivity contribution is -0.129. The van der Waals surface area contributed by atoms with Crippen LogP contribution < -0.4 is 10.3 Å². The van der Waals surface area contributed by atoms with E-state index in [-0.39, 0.29) is 12.5 Å². The first-order chi connectivity index (χ1) is 11.2. The average Bonchev–Trinajstić information content (AvgIpc) is 2.92. The molecule has 1 heterocycles. The molecule has 0 radical (unpaired) electrons. The number of hydrogen-bond acceptors (Lipinski definition) is 4. The van der Waals surface area contributed by atoms with Crippen molar-refractivity contribution >= 4 is 33.6 Å². The number of aryl methyl sites for hydroxylation is 1. The van der Waals surface area contributed by atoms with Crippen molar-refractivity contribution in [1.29, 1.82) is 0 Å². The summed E-state index contributed by atoms with van der Waals surface area (Å²) in [6, 6.07) is 6.03. The quantitative estimate of drug-likeness (QED) is 0.849. The molecule has 0 unspecified atom stereocenters. The largest absolute Gasteiger partial charge is 0.444 e. The molecule has 1 aromatic carbocycles. The summed E-state index contributed by atoms with van der Waals surface area (Å²) in [5, 5.41) is 6.14. The smallest absolute Gasteiger partial charge is 0.408 e. The van der Waals surface area contributed by atoms with E-state index in [4.69, 9.17) is 4.74 Å². The van der Waals surface area contributed by atoms with Gasteiger partial charge in [-0.25, -0.2) is 4.79 Å². The second-order valence-corrected chi connectivity index (χ2v) is 7.66. The van der Waals surface area contributed by atoms with Gasteiger partial charge in [0.2, 0.25) is 0 Å². The number of amides is 2. The van der Waals surface area contributed by atoms with Crippen LogP contribution in [0.5, 0.6) is 0 Å². The van der Waals surface area contributed by atoms with Gasteiger partial charge in [0.15, 0.2) is 0 Å². The van der Waals surface area contributed by atoms with Crippen LogP contribution >= 0.6 is 15.9 Å². The van der Waals surface area contributed by atoms with Crippen LogP contribution in [0.25, 0.3) is 0 Å². The predicted molar refractivity (Wildman–Crippen MR) is 96.8 cm³/mol. The predicted octanol–water partition coefficient (Wildman–Crippen LogP) is 3.24. The fraction of sp³-hybridized carbons (Fsp3) is 0.529. The first-order valence-corrected chi connectivity index (χ1v) is 8.77. The van der Waals surface area contributed by atoms with Crippen LogP contribution in [0.4, 0.5) is 10.5 Å². The van der Waals surface area contributed by atoms with E-state index in [1.165, 1.54) is 0 Å². The lowest BCUT2D eigenvalue weighted by Gasteiger charge is -2.31. The SMILES string of the molecule is Cc1ccc(N2CCCN2C(=O)CNC(=O)OC(C)(C)C)c(Br)c1. The molecule has 1 saturated heterocycles. The van der Waals surface area contributed by atoms with Crippen molar-refractivity contribution < 1.29 is 14.3 Å². The lowest BCUT2D eigenvalue weighted by Crippen LogP contribution is -2.47. The molecule has 1 aliphatic heterocycles. The third-order valence-electron chi connectivity index (χ3n) is 3.48. The van der Waals surface area contributed by atoms with Crippen molar-refractivity contribution in [3.63, 3.8) is 0 Å². The summed E-state index contributed by atoms with van der Waals surface area (Å²) in [5.41, 5.74) is 1.51. The fourth-order valence-corrected chi connectivity index (χ4v) is 3.19. The molecule has 2 rings (SSSR count). The molecule has 0 aromatic heterocycles. The number of halogens is 1. The molecule has 6 nitrogen and oxygen atoms in total. The second-order valence-electron chi connectivity index (χ2n) is 6.80. The molecule has 0 saturated carbocycles. The van der Waals surface area contributed by atoms with Gasteiger partial charge in [0, 0.05) is 17.6 Å². The Kier molecular flexibility index (Phi) is 5.74. The van der Waals surface area contributed by atoms with E-state index in [9.17, 15) is 9.59 Å². The molecule has 0 aliphatic carbocycles. The van der Waals surface area contributed by atoms with Crippen LogP contribution in [0.3, 0.4) is 0 Å². The number of nitrogens with one attached hydrogen (secondary N) is 1. The number of ether oxygens (including phenoxy) is 1. The summed E-state index contributed by atoms with van der Waals surface area (Å²) >= 11 is 3.56. The molecule has 7 heteroatoms. The van der Waals surface area contributed by atoms with E-state index in [1.807, 2.05) is 30.1 Å². The van der Waals surface area contributed by atoms with Crippen molar-refractivity contribution in [3.05, 3.63) is 28.2 Å². The van der Waals surface area contributed by atoms with Gasteiger partial charge in [0.05, 0.1) is 5.69 Å². The number of hydrogen-bond donors (Lipinski definition) is 1. The normalized spacial score (nSPS) is 14.7. The molecular formula is C17H24BrN3O3. The molecule has 1 aromatic rings. The van der Waals surface area contributed by atoms with Crippen LogP contribution in [0.15, 0.2) is 22.7 Å². The third-order valence-corrected chi connectivity index (χ3v) is 4.12. The van der Waals surface area contributed by atoms with E-state index < -0.39 is 11.7 Å². The maximum atomic E-state index is 12.5. The topological polar surface area (TPSA) is 61.9 Å². The van der Waals surface area contributed by atoms with Crippen molar-refractivity contribution in [1.82, 2.24) is 10.3 Å². The van der Waals surface area contributed by atoms with Gasteiger partial charge in [0.1, 0.15) is 12.1 Å².